The van der Waals surface area contributed by atoms with Crippen molar-refractivity contribution in [2.24, 2.45) is 10.7 Å². The standard InChI is InChI=1S/C19H18ClFN2OS.CH5N.CH4/c1-4-16(19(22)25-3)23-18(13-7-5-6-8-14(13)20)12-9-10-17(24-2)15(21)11-12;1-2;/h4-11,22H,1-3H3;2H2,1H3;1H4/b16-4+,22-19?,23-18?;;. The maximum absolute atomic E-state index is 14.2. The van der Waals surface area contributed by atoms with Crippen molar-refractivity contribution in [1.29, 1.82) is 5.41 Å². The normalized spacial score (nSPS) is 11.1. The number of halogens is 2. The molecule has 0 radical (unpaired) electrons. The van der Waals surface area contributed by atoms with Crippen LogP contribution in [-0.2, 0) is 0 Å². The van der Waals surface area contributed by atoms with E-state index in [9.17, 15) is 4.39 Å². The van der Waals surface area contributed by atoms with E-state index in [1.165, 1.54) is 32.0 Å². The molecule has 2 rings (SSSR count). The topological polar surface area (TPSA) is 71.5 Å². The average Bonchev–Trinajstić information content (AvgIpc) is 2.70. The van der Waals surface area contributed by atoms with Crippen LogP contribution in [0, 0.1) is 11.2 Å². The molecular weight excluding hydrogens is 397 g/mol. The highest BCUT2D eigenvalue weighted by atomic mass is 35.5. The number of hydrogen-bond donors (Lipinski definition) is 2. The molecule has 0 aliphatic heterocycles. The van der Waals surface area contributed by atoms with Gasteiger partial charge in [0, 0.05) is 16.1 Å². The van der Waals surface area contributed by atoms with Crippen LogP contribution < -0.4 is 10.5 Å². The largest absolute Gasteiger partial charge is 0.494 e. The first kappa shape index (κ1) is 25.9. The number of nitrogens with one attached hydrogen (secondary N) is 1. The second-order valence-electron chi connectivity index (χ2n) is 5.00. The quantitative estimate of drug-likeness (QED) is 0.473. The van der Waals surface area contributed by atoms with Crippen LogP contribution >= 0.6 is 23.4 Å². The first-order chi connectivity index (χ1) is 13.0. The fraction of sp³-hybridized carbons (Fsp3) is 0.238. The Morgan fingerprint density at radius 1 is 1.25 bits per heavy atom. The Kier molecular flexibility index (Phi) is 12.1. The summed E-state index contributed by atoms with van der Waals surface area (Å²) >= 11 is 7.61. The predicted molar refractivity (Wildman–Crippen MR) is 122 cm³/mol. The number of ether oxygens (including phenoxy) is 1. The summed E-state index contributed by atoms with van der Waals surface area (Å²) in [7, 11) is 2.92. The van der Waals surface area contributed by atoms with Crippen molar-refractivity contribution in [3.8, 4) is 5.75 Å². The smallest absolute Gasteiger partial charge is 0.165 e. The lowest BCUT2D eigenvalue weighted by molar-refractivity contribution is 0.386. The Labute approximate surface area is 176 Å². The highest BCUT2D eigenvalue weighted by Gasteiger charge is 2.15. The molecule has 3 N–H and O–H groups in total. The van der Waals surface area contributed by atoms with Gasteiger partial charge in [0.05, 0.1) is 18.5 Å². The first-order valence-corrected chi connectivity index (χ1v) is 9.66. The molecule has 0 unspecified atom stereocenters. The SMILES string of the molecule is C.C/C=C(/N=C(c1ccc(OC)c(F)c1)c1ccccc1Cl)C(=N)SC.CN. The molecule has 2 aromatic rings. The van der Waals surface area contributed by atoms with Crippen molar-refractivity contribution in [2.75, 3.05) is 20.4 Å². The summed E-state index contributed by atoms with van der Waals surface area (Å²) < 4.78 is 19.2. The lowest BCUT2D eigenvalue weighted by Crippen LogP contribution is -2.08. The van der Waals surface area contributed by atoms with Gasteiger partial charge in [-0.25, -0.2) is 9.38 Å². The monoisotopic (exact) mass is 423 g/mol. The summed E-state index contributed by atoms with van der Waals surface area (Å²) in [4.78, 5) is 4.60. The summed E-state index contributed by atoms with van der Waals surface area (Å²) in [6, 6.07) is 11.9. The van der Waals surface area contributed by atoms with Crippen molar-refractivity contribution in [1.82, 2.24) is 0 Å². The number of methoxy groups -OCH3 is 1. The van der Waals surface area contributed by atoms with Crippen molar-refractivity contribution in [2.45, 2.75) is 14.4 Å². The molecule has 2 aromatic carbocycles. The van der Waals surface area contributed by atoms with Crippen LogP contribution in [0.4, 0.5) is 4.39 Å². The van der Waals surface area contributed by atoms with Crippen LogP contribution in [0.15, 0.2) is 59.2 Å². The van der Waals surface area contributed by atoms with E-state index in [0.29, 0.717) is 32.6 Å². The fourth-order valence-electron chi connectivity index (χ4n) is 2.22. The molecule has 0 aliphatic rings. The summed E-state index contributed by atoms with van der Waals surface area (Å²) in [6.45, 7) is 1.81. The summed E-state index contributed by atoms with van der Waals surface area (Å²) in [5.74, 6) is -0.327. The lowest BCUT2D eigenvalue weighted by atomic mass is 10.0. The first-order valence-electron chi connectivity index (χ1n) is 8.06. The van der Waals surface area contributed by atoms with Crippen molar-refractivity contribution in [3.63, 3.8) is 0 Å². The summed E-state index contributed by atoms with van der Waals surface area (Å²) in [5, 5.41) is 8.86. The number of aliphatic imine (C=N–C) groups is 1. The predicted octanol–water partition coefficient (Wildman–Crippen LogP) is 5.78. The zero-order valence-electron chi connectivity index (χ0n) is 15.7. The van der Waals surface area contributed by atoms with Crippen LogP contribution in [-0.4, -0.2) is 31.2 Å². The lowest BCUT2D eigenvalue weighted by Gasteiger charge is -2.12. The van der Waals surface area contributed by atoms with Gasteiger partial charge in [0.2, 0.25) is 0 Å². The van der Waals surface area contributed by atoms with E-state index in [4.69, 9.17) is 21.7 Å². The average molecular weight is 424 g/mol. The number of nitrogens with two attached hydrogens (primary N) is 1. The van der Waals surface area contributed by atoms with Gasteiger partial charge in [-0.1, -0.05) is 43.3 Å². The van der Waals surface area contributed by atoms with Gasteiger partial charge in [0.15, 0.2) is 11.6 Å². The fourth-order valence-corrected chi connectivity index (χ4v) is 2.82. The molecule has 7 heteroatoms. The van der Waals surface area contributed by atoms with Gasteiger partial charge in [0.25, 0.3) is 0 Å². The van der Waals surface area contributed by atoms with Crippen molar-refractivity contribution in [3.05, 3.63) is 76.2 Å². The van der Waals surface area contributed by atoms with Crippen LogP contribution in [0.2, 0.25) is 5.02 Å². The minimum atomic E-state index is -0.485. The Morgan fingerprint density at radius 2 is 1.89 bits per heavy atom. The molecule has 0 aromatic heterocycles. The molecular formula is C21H27ClFN3OS. The maximum Gasteiger partial charge on any atom is 0.165 e. The van der Waals surface area contributed by atoms with E-state index in [1.54, 1.807) is 24.3 Å². The van der Waals surface area contributed by atoms with Gasteiger partial charge in [0.1, 0.15) is 5.04 Å². The second kappa shape index (κ2) is 13.1. The Bertz CT molecular complexity index is 853. The number of thioether (sulfide) groups is 1. The van der Waals surface area contributed by atoms with E-state index in [1.807, 2.05) is 31.4 Å². The zero-order valence-corrected chi connectivity index (χ0v) is 17.3. The molecule has 4 nitrogen and oxygen atoms in total. The molecule has 152 valence electrons. The third-order valence-corrected chi connectivity index (χ3v) is 4.44. The molecule has 0 bridgehead atoms. The van der Waals surface area contributed by atoms with Crippen LogP contribution in [0.25, 0.3) is 0 Å². The van der Waals surface area contributed by atoms with Gasteiger partial charge in [-0.15, -0.1) is 11.8 Å². The number of rotatable bonds is 5. The van der Waals surface area contributed by atoms with Crippen LogP contribution in [0.1, 0.15) is 25.5 Å². The van der Waals surface area contributed by atoms with Gasteiger partial charge in [-0.3, -0.25) is 5.41 Å². The number of allylic oxidation sites excluding steroid dienone is 1. The van der Waals surface area contributed by atoms with Gasteiger partial charge < -0.3 is 10.5 Å². The maximum atomic E-state index is 14.2. The van der Waals surface area contributed by atoms with E-state index >= 15 is 0 Å². The van der Waals surface area contributed by atoms with Crippen molar-refractivity contribution < 1.29 is 9.13 Å². The minimum Gasteiger partial charge on any atom is -0.494 e. The summed E-state index contributed by atoms with van der Waals surface area (Å²) in [5.41, 5.74) is 6.72. The highest BCUT2D eigenvalue weighted by molar-refractivity contribution is 8.13. The van der Waals surface area contributed by atoms with Crippen LogP contribution in [0.3, 0.4) is 0 Å². The van der Waals surface area contributed by atoms with E-state index < -0.39 is 5.82 Å². The molecule has 0 saturated heterocycles. The Balaban J connectivity index is 0.00000235. The molecule has 0 atom stereocenters. The third-order valence-electron chi connectivity index (χ3n) is 3.50. The summed E-state index contributed by atoms with van der Waals surface area (Å²) in [6.07, 6.45) is 3.55. The van der Waals surface area contributed by atoms with E-state index in [2.05, 4.69) is 10.7 Å². The highest BCUT2D eigenvalue weighted by Crippen LogP contribution is 2.25. The third kappa shape index (κ3) is 6.48. The number of nitrogens with zero attached hydrogens (tertiary/aromatic N) is 1. The van der Waals surface area contributed by atoms with Gasteiger partial charge in [-0.05, 0) is 44.5 Å². The van der Waals surface area contributed by atoms with E-state index in [-0.39, 0.29) is 13.2 Å². The molecule has 0 amide bonds. The Hall–Kier alpha value is -2.15. The molecule has 0 spiro atoms. The number of hydrogen-bond acceptors (Lipinski definition) is 5. The van der Waals surface area contributed by atoms with Gasteiger partial charge in [-0.2, -0.15) is 0 Å². The molecule has 0 aliphatic carbocycles. The number of benzene rings is 2. The van der Waals surface area contributed by atoms with Gasteiger partial charge >= 0.3 is 0 Å². The van der Waals surface area contributed by atoms with Crippen molar-refractivity contribution >= 4 is 34.1 Å². The van der Waals surface area contributed by atoms with E-state index in [0.717, 1.165) is 0 Å². The Morgan fingerprint density at radius 3 is 2.39 bits per heavy atom. The molecule has 0 saturated carbocycles. The minimum absolute atomic E-state index is 0. The zero-order chi connectivity index (χ0) is 20.4. The second-order valence-corrected chi connectivity index (χ2v) is 6.22. The van der Waals surface area contributed by atoms with Crippen LogP contribution in [0.5, 0.6) is 5.75 Å². The molecule has 0 fully saturated rings. The molecule has 28 heavy (non-hydrogen) atoms. The molecule has 0 heterocycles.